The summed E-state index contributed by atoms with van der Waals surface area (Å²) in [4.78, 5) is 12.5. The van der Waals surface area contributed by atoms with E-state index in [4.69, 9.17) is 23.2 Å². The van der Waals surface area contributed by atoms with Crippen LogP contribution in [0.1, 0.15) is 31.9 Å². The minimum Gasteiger partial charge on any atom is -0.394 e. The molecule has 0 aliphatic rings. The van der Waals surface area contributed by atoms with E-state index in [0.29, 0.717) is 22.0 Å². The summed E-state index contributed by atoms with van der Waals surface area (Å²) in [5.74, 6) is -0.750. The largest absolute Gasteiger partial charge is 0.394 e. The first-order valence-electron chi connectivity index (χ1n) is 7.42. The van der Waals surface area contributed by atoms with E-state index >= 15 is 0 Å². The number of aliphatic hydroxyl groups excluding tert-OH is 1. The highest BCUT2D eigenvalue weighted by Crippen LogP contribution is 2.26. The van der Waals surface area contributed by atoms with Crippen molar-refractivity contribution < 1.29 is 18.3 Å². The smallest absolute Gasteiger partial charge is 0.239 e. The number of hydrogen-bond donors (Lipinski definition) is 3. The highest BCUT2D eigenvalue weighted by Gasteiger charge is 2.29. The predicted molar refractivity (Wildman–Crippen MR) is 95.7 cm³/mol. The highest BCUT2D eigenvalue weighted by atomic mass is 35.5. The Morgan fingerprint density at radius 2 is 1.96 bits per heavy atom. The number of carbonyl (C=O) groups is 1. The van der Waals surface area contributed by atoms with E-state index in [0.717, 1.165) is 6.26 Å². The number of nitrogens with one attached hydrogen (secondary N) is 2. The van der Waals surface area contributed by atoms with Gasteiger partial charge in [0.15, 0.2) is 0 Å². The van der Waals surface area contributed by atoms with Gasteiger partial charge in [-0.25, -0.2) is 13.1 Å². The molecule has 24 heavy (non-hydrogen) atoms. The SMILES string of the molecule is CCC(C)C(NS(C)(=O)=O)C(=O)NC(CO)c1ccc(Cl)cc1Cl. The molecule has 3 N–H and O–H groups in total. The standard InChI is InChI=1S/C15H22Cl2N2O4S/c1-4-9(2)14(19-24(3,22)23)15(21)18-13(8-20)11-6-5-10(16)7-12(11)17/h5-7,9,13-14,19-20H,4,8H2,1-3H3,(H,18,21). The monoisotopic (exact) mass is 396 g/mol. The first kappa shape index (κ1) is 21.2. The summed E-state index contributed by atoms with van der Waals surface area (Å²) in [6.07, 6.45) is 1.60. The third-order valence-electron chi connectivity index (χ3n) is 3.67. The minimum absolute atomic E-state index is 0.222. The van der Waals surface area contributed by atoms with E-state index in [9.17, 15) is 18.3 Å². The first-order chi connectivity index (χ1) is 11.1. The molecule has 0 saturated carbocycles. The van der Waals surface area contributed by atoms with Gasteiger partial charge in [-0.05, 0) is 23.6 Å². The zero-order chi connectivity index (χ0) is 18.5. The van der Waals surface area contributed by atoms with Gasteiger partial charge < -0.3 is 10.4 Å². The number of sulfonamides is 1. The van der Waals surface area contributed by atoms with Gasteiger partial charge in [-0.15, -0.1) is 0 Å². The third-order valence-corrected chi connectivity index (χ3v) is 4.92. The fraction of sp³-hybridized carbons (Fsp3) is 0.533. The Labute approximate surface area is 152 Å². The number of carbonyl (C=O) groups excluding carboxylic acids is 1. The lowest BCUT2D eigenvalue weighted by atomic mass is 9.98. The van der Waals surface area contributed by atoms with Crippen molar-refractivity contribution in [3.05, 3.63) is 33.8 Å². The van der Waals surface area contributed by atoms with Crippen molar-refractivity contribution in [3.63, 3.8) is 0 Å². The van der Waals surface area contributed by atoms with Crippen LogP contribution in [-0.4, -0.2) is 38.3 Å². The molecule has 6 nitrogen and oxygen atoms in total. The molecule has 1 rings (SSSR count). The predicted octanol–water partition coefficient (Wildman–Crippen LogP) is 2.11. The lowest BCUT2D eigenvalue weighted by Crippen LogP contribution is -2.51. The second kappa shape index (κ2) is 9.01. The molecule has 1 amide bonds. The maximum Gasteiger partial charge on any atom is 0.239 e. The molecule has 0 saturated heterocycles. The fourth-order valence-electron chi connectivity index (χ4n) is 2.16. The molecule has 0 fully saturated rings. The summed E-state index contributed by atoms with van der Waals surface area (Å²) in [5.41, 5.74) is 0.499. The lowest BCUT2D eigenvalue weighted by Gasteiger charge is -2.26. The molecule has 0 aliphatic heterocycles. The third kappa shape index (κ3) is 6.22. The van der Waals surface area contributed by atoms with Gasteiger partial charge >= 0.3 is 0 Å². The molecule has 1 aromatic carbocycles. The zero-order valence-electron chi connectivity index (χ0n) is 13.7. The average molecular weight is 397 g/mol. The maximum absolute atomic E-state index is 12.5. The van der Waals surface area contributed by atoms with Crippen molar-refractivity contribution in [2.75, 3.05) is 12.9 Å². The molecule has 1 aromatic rings. The molecule has 136 valence electrons. The molecule has 0 bridgehead atoms. The Morgan fingerprint density at radius 1 is 1.33 bits per heavy atom. The summed E-state index contributed by atoms with van der Waals surface area (Å²) < 4.78 is 25.4. The van der Waals surface area contributed by atoms with Crippen molar-refractivity contribution in [1.82, 2.24) is 10.0 Å². The number of halogens is 2. The van der Waals surface area contributed by atoms with E-state index < -0.39 is 28.0 Å². The molecule has 0 aromatic heterocycles. The summed E-state index contributed by atoms with van der Waals surface area (Å²) in [7, 11) is -3.56. The topological polar surface area (TPSA) is 95.5 Å². The van der Waals surface area contributed by atoms with Gasteiger partial charge in [-0.2, -0.15) is 0 Å². The summed E-state index contributed by atoms with van der Waals surface area (Å²) in [5, 5.41) is 13.0. The fourth-order valence-corrected chi connectivity index (χ4v) is 3.50. The Balaban J connectivity index is 3.01. The molecular formula is C15H22Cl2N2O4S. The first-order valence-corrected chi connectivity index (χ1v) is 10.1. The number of aliphatic hydroxyl groups is 1. The quantitative estimate of drug-likeness (QED) is 0.626. The Morgan fingerprint density at radius 3 is 2.42 bits per heavy atom. The highest BCUT2D eigenvalue weighted by molar-refractivity contribution is 7.88. The van der Waals surface area contributed by atoms with Crippen molar-refractivity contribution in [3.8, 4) is 0 Å². The second-order valence-corrected chi connectivity index (χ2v) is 8.29. The van der Waals surface area contributed by atoms with Crippen LogP contribution in [0.15, 0.2) is 18.2 Å². The van der Waals surface area contributed by atoms with Crippen LogP contribution in [0.4, 0.5) is 0 Å². The zero-order valence-corrected chi connectivity index (χ0v) is 16.0. The van der Waals surface area contributed by atoms with Crippen molar-refractivity contribution in [2.45, 2.75) is 32.4 Å². The van der Waals surface area contributed by atoms with Crippen LogP contribution < -0.4 is 10.0 Å². The Bertz CT molecular complexity index is 682. The number of benzene rings is 1. The average Bonchev–Trinajstić information content (AvgIpc) is 2.49. The molecule has 0 aliphatic carbocycles. The normalized spacial score (nSPS) is 15.6. The van der Waals surface area contributed by atoms with Gasteiger partial charge in [0.1, 0.15) is 6.04 Å². The molecule has 0 heterocycles. The summed E-state index contributed by atoms with van der Waals surface area (Å²) in [6.45, 7) is 3.24. The van der Waals surface area contributed by atoms with Crippen LogP contribution in [0.2, 0.25) is 10.0 Å². The van der Waals surface area contributed by atoms with E-state index in [1.54, 1.807) is 19.1 Å². The van der Waals surface area contributed by atoms with Gasteiger partial charge in [0.2, 0.25) is 15.9 Å². The summed E-state index contributed by atoms with van der Waals surface area (Å²) >= 11 is 11.9. The second-order valence-electron chi connectivity index (χ2n) is 5.66. The van der Waals surface area contributed by atoms with Gasteiger partial charge in [-0.3, -0.25) is 4.79 Å². The Kier molecular flexibility index (Phi) is 7.95. The van der Waals surface area contributed by atoms with E-state index in [2.05, 4.69) is 10.0 Å². The van der Waals surface area contributed by atoms with Crippen LogP contribution >= 0.6 is 23.2 Å². The molecular weight excluding hydrogens is 375 g/mol. The molecule has 0 spiro atoms. The van der Waals surface area contributed by atoms with Gasteiger partial charge in [0, 0.05) is 10.0 Å². The maximum atomic E-state index is 12.5. The van der Waals surface area contributed by atoms with E-state index in [1.165, 1.54) is 6.07 Å². The number of rotatable bonds is 8. The van der Waals surface area contributed by atoms with Crippen LogP contribution in [-0.2, 0) is 14.8 Å². The number of amides is 1. The van der Waals surface area contributed by atoms with E-state index in [-0.39, 0.29) is 12.5 Å². The minimum atomic E-state index is -3.56. The van der Waals surface area contributed by atoms with E-state index in [1.807, 2.05) is 6.92 Å². The molecule has 0 radical (unpaired) electrons. The lowest BCUT2D eigenvalue weighted by molar-refractivity contribution is -0.124. The molecule has 9 heteroatoms. The van der Waals surface area contributed by atoms with Crippen LogP contribution in [0.5, 0.6) is 0 Å². The van der Waals surface area contributed by atoms with Crippen molar-refractivity contribution >= 4 is 39.1 Å². The van der Waals surface area contributed by atoms with Gasteiger partial charge in [0.05, 0.1) is 18.9 Å². The molecule has 3 unspecified atom stereocenters. The Hall–Kier alpha value is -0.860. The number of hydrogen-bond acceptors (Lipinski definition) is 4. The van der Waals surface area contributed by atoms with Gasteiger partial charge in [0.25, 0.3) is 0 Å². The van der Waals surface area contributed by atoms with Gasteiger partial charge in [-0.1, -0.05) is 49.5 Å². The van der Waals surface area contributed by atoms with Crippen molar-refractivity contribution in [2.24, 2.45) is 5.92 Å². The molecule has 3 atom stereocenters. The van der Waals surface area contributed by atoms with Crippen LogP contribution in [0.3, 0.4) is 0 Å². The van der Waals surface area contributed by atoms with Crippen LogP contribution in [0, 0.1) is 5.92 Å². The van der Waals surface area contributed by atoms with Crippen molar-refractivity contribution in [1.29, 1.82) is 0 Å². The summed E-state index contributed by atoms with van der Waals surface area (Å²) in [6, 6.07) is 3.00. The van der Waals surface area contributed by atoms with Crippen LogP contribution in [0.25, 0.3) is 0 Å².